The van der Waals surface area contributed by atoms with Crippen LogP contribution in [0.2, 0.25) is 0 Å². The first-order chi connectivity index (χ1) is 15.1. The molecule has 0 radical (unpaired) electrons. The van der Waals surface area contributed by atoms with Crippen molar-refractivity contribution in [3.8, 4) is 11.5 Å². The second-order valence-electron chi connectivity index (χ2n) is 8.90. The Labute approximate surface area is 184 Å². The summed E-state index contributed by atoms with van der Waals surface area (Å²) in [6.07, 6.45) is 4.73. The van der Waals surface area contributed by atoms with E-state index < -0.39 is 0 Å². The highest BCUT2D eigenvalue weighted by Gasteiger charge is 2.24. The number of fused-ring (bicyclic) bond motifs is 5. The van der Waals surface area contributed by atoms with Crippen LogP contribution in [0, 0.1) is 13.8 Å². The van der Waals surface area contributed by atoms with E-state index >= 15 is 0 Å². The Bertz CT molecular complexity index is 1290. The van der Waals surface area contributed by atoms with Crippen molar-refractivity contribution < 1.29 is 9.47 Å². The van der Waals surface area contributed by atoms with Crippen LogP contribution in [-0.2, 0) is 12.8 Å². The van der Waals surface area contributed by atoms with Crippen LogP contribution < -0.4 is 9.47 Å². The van der Waals surface area contributed by atoms with Crippen molar-refractivity contribution in [3.05, 3.63) is 82.4 Å². The zero-order valence-electron chi connectivity index (χ0n) is 18.9. The zero-order valence-corrected chi connectivity index (χ0v) is 18.9. The van der Waals surface area contributed by atoms with Gasteiger partial charge in [-0.15, -0.1) is 0 Å². The fraction of sp³-hybridized carbons (Fsp3) is 0.310. The lowest BCUT2D eigenvalue weighted by molar-refractivity contribution is 0.405. The Morgan fingerprint density at radius 3 is 2.42 bits per heavy atom. The van der Waals surface area contributed by atoms with Crippen LogP contribution in [0.4, 0.5) is 0 Å². The molecule has 2 nitrogen and oxygen atoms in total. The average Bonchev–Trinajstić information content (AvgIpc) is 2.80. The molecule has 0 heterocycles. The van der Waals surface area contributed by atoms with Gasteiger partial charge in [0.05, 0.1) is 19.6 Å². The second kappa shape index (κ2) is 7.92. The van der Waals surface area contributed by atoms with E-state index in [9.17, 15) is 0 Å². The molecule has 0 amide bonds. The zero-order chi connectivity index (χ0) is 21.5. The lowest BCUT2D eigenvalue weighted by Gasteiger charge is -2.28. The van der Waals surface area contributed by atoms with E-state index in [-0.39, 0.29) is 0 Å². The Morgan fingerprint density at radius 2 is 1.65 bits per heavy atom. The molecule has 1 unspecified atom stereocenters. The Balaban J connectivity index is 1.66. The highest BCUT2D eigenvalue weighted by atomic mass is 16.5. The minimum Gasteiger partial charge on any atom is -0.496 e. The van der Waals surface area contributed by atoms with Crippen LogP contribution in [0.1, 0.15) is 46.6 Å². The maximum Gasteiger partial charge on any atom is 0.131 e. The van der Waals surface area contributed by atoms with Crippen molar-refractivity contribution >= 4 is 21.5 Å². The van der Waals surface area contributed by atoms with Crippen LogP contribution in [0.15, 0.2) is 54.6 Å². The number of aryl methyl sites for hydroxylation is 3. The van der Waals surface area contributed by atoms with Crippen molar-refractivity contribution in [2.75, 3.05) is 14.2 Å². The third-order valence-electron chi connectivity index (χ3n) is 7.14. The van der Waals surface area contributed by atoms with Crippen molar-refractivity contribution in [1.82, 2.24) is 0 Å². The lowest BCUT2D eigenvalue weighted by atomic mass is 9.77. The van der Waals surface area contributed by atoms with E-state index in [2.05, 4.69) is 62.4 Å². The summed E-state index contributed by atoms with van der Waals surface area (Å²) < 4.78 is 11.5. The summed E-state index contributed by atoms with van der Waals surface area (Å²) in [4.78, 5) is 0. The van der Waals surface area contributed by atoms with Gasteiger partial charge in [-0.1, -0.05) is 42.5 Å². The van der Waals surface area contributed by atoms with Crippen molar-refractivity contribution in [2.24, 2.45) is 0 Å². The molecule has 158 valence electrons. The van der Waals surface area contributed by atoms with E-state index in [1.54, 1.807) is 14.2 Å². The summed E-state index contributed by atoms with van der Waals surface area (Å²) in [6.45, 7) is 4.40. The minimum absolute atomic E-state index is 0.572. The van der Waals surface area contributed by atoms with Crippen molar-refractivity contribution in [1.29, 1.82) is 0 Å². The number of ether oxygens (including phenoxy) is 2. The summed E-state index contributed by atoms with van der Waals surface area (Å²) >= 11 is 0. The fourth-order valence-electron chi connectivity index (χ4n) is 5.39. The Kier molecular flexibility index (Phi) is 5.09. The largest absolute Gasteiger partial charge is 0.496 e. The van der Waals surface area contributed by atoms with Gasteiger partial charge in [0.25, 0.3) is 0 Å². The van der Waals surface area contributed by atoms with E-state index in [1.807, 2.05) is 6.07 Å². The molecule has 31 heavy (non-hydrogen) atoms. The van der Waals surface area contributed by atoms with E-state index in [4.69, 9.17) is 9.47 Å². The first kappa shape index (κ1) is 19.9. The summed E-state index contributed by atoms with van der Waals surface area (Å²) in [5.74, 6) is 2.33. The van der Waals surface area contributed by atoms with E-state index in [0.29, 0.717) is 5.92 Å². The lowest BCUT2D eigenvalue weighted by Crippen LogP contribution is -2.13. The predicted octanol–water partition coefficient (Wildman–Crippen LogP) is 7.29. The normalized spacial score (nSPS) is 15.8. The Morgan fingerprint density at radius 1 is 0.806 bits per heavy atom. The third-order valence-corrected chi connectivity index (χ3v) is 7.14. The molecule has 0 spiro atoms. The second-order valence-corrected chi connectivity index (χ2v) is 8.90. The van der Waals surface area contributed by atoms with Crippen molar-refractivity contribution in [3.63, 3.8) is 0 Å². The molecule has 1 atom stereocenters. The van der Waals surface area contributed by atoms with Gasteiger partial charge < -0.3 is 9.47 Å². The quantitative estimate of drug-likeness (QED) is 0.329. The number of benzene rings is 4. The molecule has 0 bridgehead atoms. The summed E-state index contributed by atoms with van der Waals surface area (Å²) in [6, 6.07) is 20.1. The highest BCUT2D eigenvalue weighted by molar-refractivity contribution is 6.13. The first-order valence-corrected chi connectivity index (χ1v) is 11.3. The smallest absolute Gasteiger partial charge is 0.131 e. The van der Waals surface area contributed by atoms with Gasteiger partial charge in [0.1, 0.15) is 11.5 Å². The van der Waals surface area contributed by atoms with Crippen LogP contribution in [0.25, 0.3) is 21.5 Å². The molecular formula is C29H30O2. The van der Waals surface area contributed by atoms with Gasteiger partial charge in [0.2, 0.25) is 0 Å². The number of methoxy groups -OCH3 is 2. The maximum absolute atomic E-state index is 5.84. The molecule has 5 rings (SSSR count). The molecule has 1 aliphatic carbocycles. The molecule has 0 aromatic heterocycles. The van der Waals surface area contributed by atoms with E-state index in [1.165, 1.54) is 56.8 Å². The highest BCUT2D eigenvalue weighted by Crippen LogP contribution is 2.44. The van der Waals surface area contributed by atoms with Gasteiger partial charge in [-0.05, 0) is 102 Å². The number of rotatable bonds is 4. The molecule has 0 fully saturated rings. The molecular weight excluding hydrogens is 380 g/mol. The summed E-state index contributed by atoms with van der Waals surface area (Å²) in [5, 5.41) is 4.88. The first-order valence-electron chi connectivity index (χ1n) is 11.3. The molecule has 2 heteroatoms. The van der Waals surface area contributed by atoms with Crippen LogP contribution in [0.3, 0.4) is 0 Å². The molecule has 4 aromatic carbocycles. The summed E-state index contributed by atoms with van der Waals surface area (Å²) in [5.41, 5.74) is 7.22. The molecule has 4 aromatic rings. The number of hydrogen-bond acceptors (Lipinski definition) is 2. The number of hydrogen-bond donors (Lipinski definition) is 0. The topological polar surface area (TPSA) is 18.5 Å². The van der Waals surface area contributed by atoms with E-state index in [0.717, 1.165) is 29.7 Å². The molecule has 0 saturated heterocycles. The van der Waals surface area contributed by atoms with Gasteiger partial charge >= 0.3 is 0 Å². The van der Waals surface area contributed by atoms with Crippen LogP contribution in [-0.4, -0.2) is 14.2 Å². The van der Waals surface area contributed by atoms with Crippen molar-refractivity contribution in [2.45, 2.75) is 45.4 Å². The van der Waals surface area contributed by atoms with Gasteiger partial charge in [-0.2, -0.15) is 0 Å². The van der Waals surface area contributed by atoms with Gasteiger partial charge in [0, 0.05) is 0 Å². The van der Waals surface area contributed by atoms with Gasteiger partial charge in [-0.25, -0.2) is 0 Å². The average molecular weight is 411 g/mol. The van der Waals surface area contributed by atoms with Crippen LogP contribution in [0.5, 0.6) is 11.5 Å². The molecule has 0 N–H and O–H groups in total. The van der Waals surface area contributed by atoms with Gasteiger partial charge in [0.15, 0.2) is 0 Å². The monoisotopic (exact) mass is 410 g/mol. The minimum atomic E-state index is 0.572. The molecule has 0 aliphatic heterocycles. The molecule has 0 saturated carbocycles. The third kappa shape index (κ3) is 3.35. The van der Waals surface area contributed by atoms with Gasteiger partial charge in [-0.3, -0.25) is 0 Å². The SMILES string of the molecule is COc1cccc2c1c(OC)cc1c3c(ccc12)C(Cc1ccc(C)c(C)c1)CCC3. The maximum atomic E-state index is 5.84. The Hall–Kier alpha value is -3.00. The summed E-state index contributed by atoms with van der Waals surface area (Å²) in [7, 11) is 3.48. The molecule has 1 aliphatic rings. The fourth-order valence-corrected chi connectivity index (χ4v) is 5.39. The predicted molar refractivity (Wildman–Crippen MR) is 130 cm³/mol. The standard InChI is InChI=1S/C29H30O2/c1-18-11-12-20(15-19(18)2)16-21-7-5-8-23-22(21)13-14-24-25-9-6-10-27(30-3)29(25)28(31-4)17-26(23)24/h6,9-15,17,21H,5,7-8,16H2,1-4H3. The van der Waals surface area contributed by atoms with Crippen LogP contribution >= 0.6 is 0 Å².